The van der Waals surface area contributed by atoms with Crippen LogP contribution >= 0.6 is 27.7 Å². The van der Waals surface area contributed by atoms with Crippen molar-refractivity contribution in [2.24, 2.45) is 17.6 Å². The standard InChI is InChI=1S/C14H20BrNS/c1-9-7-10(2)14(13(16)8-9)17-12-5-3-11(15)4-6-12/h3-6,9-10,13-14H,7-8,16H2,1-2H3. The minimum atomic E-state index is 0.336. The number of rotatable bonds is 2. The van der Waals surface area contributed by atoms with Gasteiger partial charge in [0.15, 0.2) is 0 Å². The highest BCUT2D eigenvalue weighted by Gasteiger charge is 2.32. The number of nitrogens with two attached hydrogens (primary N) is 1. The summed E-state index contributed by atoms with van der Waals surface area (Å²) in [5, 5.41) is 0.562. The van der Waals surface area contributed by atoms with Gasteiger partial charge in [-0.1, -0.05) is 29.8 Å². The minimum Gasteiger partial charge on any atom is -0.327 e. The largest absolute Gasteiger partial charge is 0.327 e. The van der Waals surface area contributed by atoms with Crippen molar-refractivity contribution in [1.82, 2.24) is 0 Å². The highest BCUT2D eigenvalue weighted by Crippen LogP contribution is 2.39. The average Bonchev–Trinajstić information content (AvgIpc) is 2.26. The summed E-state index contributed by atoms with van der Waals surface area (Å²) in [4.78, 5) is 1.33. The van der Waals surface area contributed by atoms with Gasteiger partial charge >= 0.3 is 0 Å². The quantitative estimate of drug-likeness (QED) is 0.880. The molecule has 2 rings (SSSR count). The lowest BCUT2D eigenvalue weighted by molar-refractivity contribution is 0.279. The van der Waals surface area contributed by atoms with Crippen molar-refractivity contribution in [1.29, 1.82) is 0 Å². The minimum absolute atomic E-state index is 0.336. The van der Waals surface area contributed by atoms with Crippen LogP contribution in [0.3, 0.4) is 0 Å². The normalized spacial score (nSPS) is 33.6. The molecule has 4 atom stereocenters. The van der Waals surface area contributed by atoms with Crippen LogP contribution in [0.5, 0.6) is 0 Å². The average molecular weight is 314 g/mol. The highest BCUT2D eigenvalue weighted by molar-refractivity contribution is 9.10. The van der Waals surface area contributed by atoms with Gasteiger partial charge in [-0.05, 0) is 48.9 Å². The second-order valence-corrected chi connectivity index (χ2v) is 7.42. The molecular weight excluding hydrogens is 294 g/mol. The molecule has 2 N–H and O–H groups in total. The van der Waals surface area contributed by atoms with Crippen molar-refractivity contribution in [2.75, 3.05) is 0 Å². The molecule has 1 nitrogen and oxygen atoms in total. The van der Waals surface area contributed by atoms with Gasteiger partial charge < -0.3 is 5.73 Å². The molecule has 0 aliphatic heterocycles. The molecule has 0 amide bonds. The van der Waals surface area contributed by atoms with Gasteiger partial charge in [-0.25, -0.2) is 0 Å². The molecule has 0 aromatic heterocycles. The van der Waals surface area contributed by atoms with E-state index in [9.17, 15) is 0 Å². The molecule has 1 aromatic rings. The van der Waals surface area contributed by atoms with Crippen LogP contribution in [-0.2, 0) is 0 Å². The molecule has 4 unspecified atom stereocenters. The van der Waals surface area contributed by atoms with Crippen molar-refractivity contribution in [3.8, 4) is 0 Å². The molecule has 0 saturated heterocycles. The number of hydrogen-bond acceptors (Lipinski definition) is 2. The zero-order valence-corrected chi connectivity index (χ0v) is 12.8. The summed E-state index contributed by atoms with van der Waals surface area (Å²) in [6.45, 7) is 4.66. The van der Waals surface area contributed by atoms with Crippen LogP contribution in [0.25, 0.3) is 0 Å². The van der Waals surface area contributed by atoms with Crippen LogP contribution < -0.4 is 5.73 Å². The fourth-order valence-corrected chi connectivity index (χ4v) is 4.26. The van der Waals surface area contributed by atoms with E-state index in [0.29, 0.717) is 17.2 Å². The SMILES string of the molecule is CC1CC(C)C(Sc2ccc(Br)cc2)C(N)C1. The molecule has 1 fully saturated rings. The summed E-state index contributed by atoms with van der Waals surface area (Å²) in [6, 6.07) is 8.88. The van der Waals surface area contributed by atoms with E-state index < -0.39 is 0 Å². The smallest absolute Gasteiger partial charge is 0.0272 e. The van der Waals surface area contributed by atoms with Gasteiger partial charge in [0, 0.05) is 20.7 Å². The van der Waals surface area contributed by atoms with Gasteiger partial charge in [-0.2, -0.15) is 0 Å². The second-order valence-electron chi connectivity index (χ2n) is 5.25. The Morgan fingerprint density at radius 3 is 2.41 bits per heavy atom. The number of halogens is 1. The Hall–Kier alpha value is 0.01000. The molecule has 1 aliphatic carbocycles. The van der Waals surface area contributed by atoms with Gasteiger partial charge in [0.05, 0.1) is 0 Å². The number of benzene rings is 1. The Bertz CT molecular complexity index is 353. The molecule has 0 radical (unpaired) electrons. The maximum absolute atomic E-state index is 6.31. The Labute approximate surface area is 117 Å². The van der Waals surface area contributed by atoms with E-state index in [2.05, 4.69) is 54.0 Å². The van der Waals surface area contributed by atoms with Crippen molar-refractivity contribution in [2.45, 2.75) is 42.9 Å². The Balaban J connectivity index is 2.04. The van der Waals surface area contributed by atoms with E-state index >= 15 is 0 Å². The number of hydrogen-bond donors (Lipinski definition) is 1. The van der Waals surface area contributed by atoms with Crippen LogP contribution in [-0.4, -0.2) is 11.3 Å². The predicted molar refractivity (Wildman–Crippen MR) is 79.3 cm³/mol. The first-order chi connectivity index (χ1) is 8.06. The highest BCUT2D eigenvalue weighted by atomic mass is 79.9. The summed E-state index contributed by atoms with van der Waals surface area (Å²) < 4.78 is 1.14. The summed E-state index contributed by atoms with van der Waals surface area (Å²) in [6.07, 6.45) is 2.47. The molecule has 17 heavy (non-hydrogen) atoms. The van der Waals surface area contributed by atoms with E-state index in [0.717, 1.165) is 10.4 Å². The van der Waals surface area contributed by atoms with Gasteiger partial charge in [0.2, 0.25) is 0 Å². The molecule has 0 spiro atoms. The fourth-order valence-electron chi connectivity index (χ4n) is 2.76. The van der Waals surface area contributed by atoms with Gasteiger partial charge in [-0.3, -0.25) is 0 Å². The second kappa shape index (κ2) is 5.77. The van der Waals surface area contributed by atoms with Crippen LogP contribution in [0.2, 0.25) is 0 Å². The summed E-state index contributed by atoms with van der Waals surface area (Å²) >= 11 is 5.41. The Morgan fingerprint density at radius 1 is 1.18 bits per heavy atom. The van der Waals surface area contributed by atoms with E-state index in [4.69, 9.17) is 5.73 Å². The van der Waals surface area contributed by atoms with Crippen LogP contribution in [0.15, 0.2) is 33.6 Å². The maximum atomic E-state index is 6.31. The molecule has 0 heterocycles. The molecule has 1 saturated carbocycles. The van der Waals surface area contributed by atoms with E-state index in [-0.39, 0.29) is 0 Å². The summed E-state index contributed by atoms with van der Waals surface area (Å²) in [5.74, 6) is 1.49. The summed E-state index contributed by atoms with van der Waals surface area (Å²) in [5.41, 5.74) is 6.31. The van der Waals surface area contributed by atoms with Crippen molar-refractivity contribution < 1.29 is 0 Å². The lowest BCUT2D eigenvalue weighted by Crippen LogP contribution is -2.42. The first kappa shape index (κ1) is 13.4. The van der Waals surface area contributed by atoms with E-state index in [1.165, 1.54) is 17.7 Å². The molecule has 3 heteroatoms. The molecule has 1 aliphatic rings. The van der Waals surface area contributed by atoms with Crippen LogP contribution in [0.4, 0.5) is 0 Å². The summed E-state index contributed by atoms with van der Waals surface area (Å²) in [7, 11) is 0. The van der Waals surface area contributed by atoms with Gasteiger partial charge in [0.1, 0.15) is 0 Å². The zero-order chi connectivity index (χ0) is 12.4. The van der Waals surface area contributed by atoms with E-state index in [1.54, 1.807) is 0 Å². The predicted octanol–water partition coefficient (Wildman–Crippen LogP) is 4.30. The lowest BCUT2D eigenvalue weighted by Gasteiger charge is -2.37. The monoisotopic (exact) mass is 313 g/mol. The molecule has 1 aromatic carbocycles. The Morgan fingerprint density at radius 2 is 1.82 bits per heavy atom. The maximum Gasteiger partial charge on any atom is 0.0272 e. The third-order valence-corrected chi connectivity index (χ3v) is 5.68. The third kappa shape index (κ3) is 3.49. The van der Waals surface area contributed by atoms with Crippen LogP contribution in [0.1, 0.15) is 26.7 Å². The molecular formula is C14H20BrNS. The first-order valence-electron chi connectivity index (χ1n) is 6.24. The fraction of sp³-hybridized carbons (Fsp3) is 0.571. The molecule has 94 valence electrons. The van der Waals surface area contributed by atoms with Gasteiger partial charge in [-0.15, -0.1) is 11.8 Å². The van der Waals surface area contributed by atoms with Crippen molar-refractivity contribution in [3.05, 3.63) is 28.7 Å². The zero-order valence-electron chi connectivity index (χ0n) is 10.4. The van der Waals surface area contributed by atoms with Crippen molar-refractivity contribution in [3.63, 3.8) is 0 Å². The third-order valence-electron chi connectivity index (χ3n) is 3.52. The molecule has 0 bridgehead atoms. The van der Waals surface area contributed by atoms with E-state index in [1.807, 2.05) is 11.8 Å². The number of thioether (sulfide) groups is 1. The van der Waals surface area contributed by atoms with Gasteiger partial charge in [0.25, 0.3) is 0 Å². The first-order valence-corrected chi connectivity index (χ1v) is 7.91. The van der Waals surface area contributed by atoms with Crippen molar-refractivity contribution >= 4 is 27.7 Å². The topological polar surface area (TPSA) is 26.0 Å². The Kier molecular flexibility index (Phi) is 4.56. The lowest BCUT2D eigenvalue weighted by atomic mass is 9.80. The van der Waals surface area contributed by atoms with Crippen LogP contribution in [0, 0.1) is 11.8 Å².